The molecule has 1 aliphatic rings. The molecule has 0 atom stereocenters. The number of fused-ring (bicyclic) bond motifs is 1. The smallest absolute Gasteiger partial charge is 0.317 e. The van der Waals surface area contributed by atoms with Crippen molar-refractivity contribution in [2.75, 3.05) is 38.2 Å². The van der Waals surface area contributed by atoms with Crippen LogP contribution >= 0.6 is 0 Å². The Morgan fingerprint density at radius 3 is 1.97 bits per heavy atom. The molecule has 0 saturated carbocycles. The second-order valence-electron chi connectivity index (χ2n) is 8.82. The zero-order chi connectivity index (χ0) is 25.1. The molecule has 0 N–H and O–H groups in total. The molecule has 0 aliphatic carbocycles. The van der Waals surface area contributed by atoms with Gasteiger partial charge < -0.3 is 14.5 Å². The number of benzene rings is 3. The molecule has 1 fully saturated rings. The fourth-order valence-electron chi connectivity index (χ4n) is 4.69. The van der Waals surface area contributed by atoms with Crippen molar-refractivity contribution in [1.29, 1.82) is 0 Å². The van der Waals surface area contributed by atoms with Crippen LogP contribution in [0.2, 0.25) is 0 Å². The number of amides is 1. The first-order valence-electron chi connectivity index (χ1n) is 12.0. The zero-order valence-electron chi connectivity index (χ0n) is 20.2. The molecule has 8 nitrogen and oxygen atoms in total. The van der Waals surface area contributed by atoms with Crippen LogP contribution in [0, 0.1) is 0 Å². The van der Waals surface area contributed by atoms with Crippen LogP contribution < -0.4 is 20.8 Å². The highest BCUT2D eigenvalue weighted by atomic mass is 16.5. The highest BCUT2D eigenvalue weighted by molar-refractivity contribution is 5.80. The summed E-state index contributed by atoms with van der Waals surface area (Å²) < 4.78 is 8.03. The summed E-state index contributed by atoms with van der Waals surface area (Å²) >= 11 is 0. The van der Waals surface area contributed by atoms with Crippen molar-refractivity contribution < 1.29 is 9.53 Å². The van der Waals surface area contributed by atoms with Gasteiger partial charge in [-0.25, -0.2) is 0 Å². The topological polar surface area (TPSA) is 76.8 Å². The maximum atomic E-state index is 13.2. The average Bonchev–Trinajstić information content (AvgIpc) is 2.94. The minimum atomic E-state index is -0.685. The SMILES string of the molecule is COc1ccc(N2CCN(C(=O)Cn3c(=O)c(=O)n(Cc4ccccc4)c4ccccc43)CC2)cc1. The van der Waals surface area contributed by atoms with Gasteiger partial charge in [0, 0.05) is 31.9 Å². The number of anilines is 1. The molecule has 0 bridgehead atoms. The molecular weight excluding hydrogens is 456 g/mol. The van der Waals surface area contributed by atoms with Gasteiger partial charge in [0.1, 0.15) is 12.3 Å². The first-order valence-corrected chi connectivity index (χ1v) is 12.0. The van der Waals surface area contributed by atoms with Crippen molar-refractivity contribution in [1.82, 2.24) is 14.0 Å². The summed E-state index contributed by atoms with van der Waals surface area (Å²) in [7, 11) is 1.64. The predicted molar refractivity (Wildman–Crippen MR) is 140 cm³/mol. The fraction of sp³-hybridized carbons (Fsp3) is 0.250. The van der Waals surface area contributed by atoms with Crippen molar-refractivity contribution in [2.45, 2.75) is 13.1 Å². The molecule has 8 heteroatoms. The van der Waals surface area contributed by atoms with Gasteiger partial charge in [0.15, 0.2) is 0 Å². The number of aromatic nitrogens is 2. The summed E-state index contributed by atoms with van der Waals surface area (Å²) in [5, 5.41) is 0. The Balaban J connectivity index is 1.36. The molecule has 2 heterocycles. The third kappa shape index (κ3) is 4.62. The number of rotatable bonds is 6. The van der Waals surface area contributed by atoms with E-state index in [0.717, 1.165) is 17.0 Å². The number of piperazine rings is 1. The summed E-state index contributed by atoms with van der Waals surface area (Å²) in [4.78, 5) is 43.4. The number of nitrogens with zero attached hydrogens (tertiary/aromatic N) is 4. The van der Waals surface area contributed by atoms with Gasteiger partial charge in [-0.2, -0.15) is 0 Å². The third-order valence-corrected chi connectivity index (χ3v) is 6.68. The Morgan fingerprint density at radius 2 is 1.33 bits per heavy atom. The molecule has 0 spiro atoms. The van der Waals surface area contributed by atoms with E-state index in [0.29, 0.717) is 37.2 Å². The van der Waals surface area contributed by atoms with Crippen molar-refractivity contribution >= 4 is 22.6 Å². The molecule has 1 aliphatic heterocycles. The Labute approximate surface area is 208 Å². The number of hydrogen-bond acceptors (Lipinski definition) is 5. The molecule has 1 aromatic heterocycles. The van der Waals surface area contributed by atoms with E-state index >= 15 is 0 Å². The van der Waals surface area contributed by atoms with Gasteiger partial charge in [0.2, 0.25) is 5.91 Å². The highest BCUT2D eigenvalue weighted by Crippen LogP contribution is 2.21. The summed E-state index contributed by atoms with van der Waals surface area (Å²) in [5.41, 5.74) is 1.88. The third-order valence-electron chi connectivity index (χ3n) is 6.68. The molecule has 0 radical (unpaired) electrons. The van der Waals surface area contributed by atoms with Crippen LogP contribution in [0.15, 0.2) is 88.5 Å². The fourth-order valence-corrected chi connectivity index (χ4v) is 4.69. The van der Waals surface area contributed by atoms with Gasteiger partial charge >= 0.3 is 11.1 Å². The van der Waals surface area contributed by atoms with E-state index in [4.69, 9.17) is 4.74 Å². The van der Waals surface area contributed by atoms with Gasteiger partial charge in [-0.3, -0.25) is 23.5 Å². The van der Waals surface area contributed by atoms with Crippen molar-refractivity contribution in [3.05, 3.63) is 105 Å². The second-order valence-corrected chi connectivity index (χ2v) is 8.82. The van der Waals surface area contributed by atoms with Crippen LogP contribution in [0.1, 0.15) is 5.56 Å². The number of hydrogen-bond donors (Lipinski definition) is 0. The Kier molecular flexibility index (Phi) is 6.58. The highest BCUT2D eigenvalue weighted by Gasteiger charge is 2.23. The van der Waals surface area contributed by atoms with Crippen LogP contribution in [-0.4, -0.2) is 53.2 Å². The van der Waals surface area contributed by atoms with E-state index < -0.39 is 11.1 Å². The minimum Gasteiger partial charge on any atom is -0.497 e. The van der Waals surface area contributed by atoms with Gasteiger partial charge in [-0.15, -0.1) is 0 Å². The minimum absolute atomic E-state index is 0.163. The van der Waals surface area contributed by atoms with Crippen LogP contribution in [0.5, 0.6) is 5.75 Å². The average molecular weight is 485 g/mol. The number of carbonyl (C=O) groups is 1. The Hall–Kier alpha value is -4.33. The van der Waals surface area contributed by atoms with Gasteiger partial charge in [-0.05, 0) is 42.0 Å². The lowest BCUT2D eigenvalue weighted by Gasteiger charge is -2.36. The number of methoxy groups -OCH3 is 1. The van der Waals surface area contributed by atoms with Crippen molar-refractivity contribution in [3.8, 4) is 5.75 Å². The monoisotopic (exact) mass is 484 g/mol. The molecule has 4 aromatic rings. The van der Waals surface area contributed by atoms with Crippen molar-refractivity contribution in [3.63, 3.8) is 0 Å². The summed E-state index contributed by atoms with van der Waals surface area (Å²) in [6.07, 6.45) is 0. The second kappa shape index (κ2) is 10.1. The Morgan fingerprint density at radius 1 is 0.750 bits per heavy atom. The molecule has 5 rings (SSSR count). The lowest BCUT2D eigenvalue weighted by Crippen LogP contribution is -2.51. The number of ether oxygens (including phenoxy) is 1. The van der Waals surface area contributed by atoms with E-state index in [1.54, 1.807) is 18.1 Å². The summed E-state index contributed by atoms with van der Waals surface area (Å²) in [6.45, 7) is 2.59. The van der Waals surface area contributed by atoms with E-state index in [2.05, 4.69) is 4.90 Å². The zero-order valence-corrected chi connectivity index (χ0v) is 20.2. The van der Waals surface area contributed by atoms with Crippen LogP contribution in [0.25, 0.3) is 11.0 Å². The molecule has 1 saturated heterocycles. The molecule has 36 heavy (non-hydrogen) atoms. The van der Waals surface area contributed by atoms with Crippen LogP contribution in [0.3, 0.4) is 0 Å². The molecular formula is C28H28N4O4. The first kappa shape index (κ1) is 23.4. The van der Waals surface area contributed by atoms with E-state index in [1.165, 1.54) is 9.13 Å². The molecule has 0 unspecified atom stereocenters. The normalized spacial score (nSPS) is 13.7. The van der Waals surface area contributed by atoms with Crippen molar-refractivity contribution in [2.24, 2.45) is 0 Å². The lowest BCUT2D eigenvalue weighted by molar-refractivity contribution is -0.132. The number of para-hydroxylation sites is 2. The molecule has 1 amide bonds. The largest absolute Gasteiger partial charge is 0.497 e. The summed E-state index contributed by atoms with van der Waals surface area (Å²) in [6, 6.07) is 24.6. The predicted octanol–water partition coefficient (Wildman–Crippen LogP) is 2.57. The molecule has 184 valence electrons. The van der Waals surface area contributed by atoms with Crippen LogP contribution in [-0.2, 0) is 17.9 Å². The van der Waals surface area contributed by atoms with Crippen LogP contribution in [0.4, 0.5) is 5.69 Å². The Bertz CT molecular complexity index is 1480. The first-order chi connectivity index (χ1) is 17.5. The maximum Gasteiger partial charge on any atom is 0.317 e. The van der Waals surface area contributed by atoms with E-state index in [9.17, 15) is 14.4 Å². The quantitative estimate of drug-likeness (QED) is 0.393. The molecule has 3 aromatic carbocycles. The maximum absolute atomic E-state index is 13.2. The van der Waals surface area contributed by atoms with Gasteiger partial charge in [0.25, 0.3) is 0 Å². The van der Waals surface area contributed by atoms with E-state index in [-0.39, 0.29) is 19.0 Å². The summed E-state index contributed by atoms with van der Waals surface area (Å²) in [5.74, 6) is 0.632. The number of carbonyl (C=O) groups excluding carboxylic acids is 1. The lowest BCUT2D eigenvalue weighted by atomic mass is 10.2. The van der Waals surface area contributed by atoms with E-state index in [1.807, 2.05) is 72.8 Å². The van der Waals surface area contributed by atoms with Gasteiger partial charge in [0.05, 0.1) is 24.7 Å². The standard InChI is InChI=1S/C28H28N4O4/c1-36-23-13-11-22(12-14-23)29-15-17-30(18-16-29)26(33)20-32-25-10-6-5-9-24(25)31(27(34)28(32)35)19-21-7-3-2-4-8-21/h2-14H,15-20H2,1H3. The van der Waals surface area contributed by atoms with Gasteiger partial charge in [-0.1, -0.05) is 42.5 Å².